The Morgan fingerprint density at radius 2 is 1.89 bits per heavy atom. The van der Waals surface area contributed by atoms with Crippen LogP contribution in [0.4, 0.5) is 0 Å². The van der Waals surface area contributed by atoms with Gasteiger partial charge in [0.05, 0.1) is 0 Å². The predicted octanol–water partition coefficient (Wildman–Crippen LogP) is 3.24. The highest BCUT2D eigenvalue weighted by atomic mass is 14.1. The average molecular weight is 126 g/mol. The van der Waals surface area contributed by atoms with Crippen LogP contribution in [0.25, 0.3) is 0 Å². The van der Waals surface area contributed by atoms with Crippen LogP contribution >= 0.6 is 0 Å². The zero-order chi connectivity index (χ0) is 7.28. The average Bonchev–Trinajstić information content (AvgIpc) is 1.87. The first kappa shape index (κ1) is 8.74. The van der Waals surface area contributed by atoms with Crippen molar-refractivity contribution in [2.45, 2.75) is 33.6 Å². The lowest BCUT2D eigenvalue weighted by atomic mass is 9.91. The summed E-state index contributed by atoms with van der Waals surface area (Å²) in [5, 5.41) is 0. The molecule has 0 aliphatic carbocycles. The lowest BCUT2D eigenvalue weighted by Crippen LogP contribution is -2.04. The molecule has 0 aliphatic heterocycles. The SMILES string of the molecule is C=CC[C@@H](C)[C@H](C)CC. The minimum absolute atomic E-state index is 0.812. The third-order valence-corrected chi connectivity index (χ3v) is 2.15. The Hall–Kier alpha value is -0.260. The molecule has 0 fully saturated rings. The maximum Gasteiger partial charge on any atom is -0.0325 e. The van der Waals surface area contributed by atoms with Gasteiger partial charge in [-0.25, -0.2) is 0 Å². The Labute approximate surface area is 59.0 Å². The molecule has 0 rings (SSSR count). The van der Waals surface area contributed by atoms with Gasteiger partial charge in [0.2, 0.25) is 0 Å². The molecule has 0 nitrogen and oxygen atoms in total. The summed E-state index contributed by atoms with van der Waals surface area (Å²) >= 11 is 0. The van der Waals surface area contributed by atoms with Crippen molar-refractivity contribution in [1.29, 1.82) is 0 Å². The second-order valence-corrected chi connectivity index (χ2v) is 2.89. The quantitative estimate of drug-likeness (QED) is 0.507. The van der Waals surface area contributed by atoms with Crippen LogP contribution in [-0.4, -0.2) is 0 Å². The third kappa shape index (κ3) is 3.34. The van der Waals surface area contributed by atoms with Crippen LogP contribution in [-0.2, 0) is 0 Å². The predicted molar refractivity (Wildman–Crippen MR) is 43.4 cm³/mol. The Morgan fingerprint density at radius 1 is 1.33 bits per heavy atom. The van der Waals surface area contributed by atoms with Gasteiger partial charge in [0.25, 0.3) is 0 Å². The molecule has 0 saturated heterocycles. The van der Waals surface area contributed by atoms with E-state index in [1.54, 1.807) is 0 Å². The number of hydrogen-bond acceptors (Lipinski definition) is 0. The Kier molecular flexibility index (Phi) is 4.47. The van der Waals surface area contributed by atoms with Gasteiger partial charge in [0.1, 0.15) is 0 Å². The number of hydrogen-bond donors (Lipinski definition) is 0. The van der Waals surface area contributed by atoms with E-state index in [-0.39, 0.29) is 0 Å². The van der Waals surface area contributed by atoms with E-state index in [1.807, 2.05) is 6.08 Å². The van der Waals surface area contributed by atoms with Crippen molar-refractivity contribution in [2.24, 2.45) is 11.8 Å². The van der Waals surface area contributed by atoms with Crippen LogP contribution in [0.15, 0.2) is 12.7 Å². The fourth-order valence-corrected chi connectivity index (χ4v) is 0.898. The van der Waals surface area contributed by atoms with Gasteiger partial charge in [-0.3, -0.25) is 0 Å². The van der Waals surface area contributed by atoms with Gasteiger partial charge in [-0.1, -0.05) is 33.3 Å². The standard InChI is InChI=1S/C9H18/c1-5-7-9(4)8(3)6-2/h5,8-9H,1,6-7H2,2-4H3/t8-,9-/m1/s1. The maximum atomic E-state index is 3.72. The van der Waals surface area contributed by atoms with E-state index >= 15 is 0 Å². The first-order valence-corrected chi connectivity index (χ1v) is 3.83. The second-order valence-electron chi connectivity index (χ2n) is 2.89. The zero-order valence-electron chi connectivity index (χ0n) is 6.85. The zero-order valence-corrected chi connectivity index (χ0v) is 6.85. The highest BCUT2D eigenvalue weighted by Crippen LogP contribution is 2.17. The summed E-state index contributed by atoms with van der Waals surface area (Å²) in [7, 11) is 0. The maximum absolute atomic E-state index is 3.72. The molecule has 0 aromatic rings. The largest absolute Gasteiger partial charge is 0.103 e. The van der Waals surface area contributed by atoms with Crippen LogP contribution < -0.4 is 0 Å². The van der Waals surface area contributed by atoms with Crippen molar-refractivity contribution in [3.63, 3.8) is 0 Å². The molecular weight excluding hydrogens is 108 g/mol. The molecule has 0 unspecified atom stereocenters. The highest BCUT2D eigenvalue weighted by molar-refractivity contribution is 4.72. The van der Waals surface area contributed by atoms with Gasteiger partial charge in [0.15, 0.2) is 0 Å². The summed E-state index contributed by atoms with van der Waals surface area (Å²) in [5.41, 5.74) is 0. The topological polar surface area (TPSA) is 0 Å². The van der Waals surface area contributed by atoms with Crippen molar-refractivity contribution in [1.82, 2.24) is 0 Å². The van der Waals surface area contributed by atoms with Crippen molar-refractivity contribution >= 4 is 0 Å². The molecule has 54 valence electrons. The third-order valence-electron chi connectivity index (χ3n) is 2.15. The van der Waals surface area contributed by atoms with E-state index < -0.39 is 0 Å². The van der Waals surface area contributed by atoms with Gasteiger partial charge in [0, 0.05) is 0 Å². The van der Waals surface area contributed by atoms with Gasteiger partial charge in [-0.15, -0.1) is 6.58 Å². The van der Waals surface area contributed by atoms with Gasteiger partial charge >= 0.3 is 0 Å². The van der Waals surface area contributed by atoms with Crippen LogP contribution in [0.5, 0.6) is 0 Å². The number of allylic oxidation sites excluding steroid dienone is 1. The van der Waals surface area contributed by atoms with Crippen LogP contribution in [0.2, 0.25) is 0 Å². The van der Waals surface area contributed by atoms with E-state index in [2.05, 4.69) is 27.4 Å². The molecule has 0 heterocycles. The molecule has 2 atom stereocenters. The first-order valence-electron chi connectivity index (χ1n) is 3.83. The molecule has 0 aromatic carbocycles. The number of rotatable bonds is 4. The normalized spacial score (nSPS) is 16.8. The fourth-order valence-electron chi connectivity index (χ4n) is 0.898. The molecule has 0 spiro atoms. The van der Waals surface area contributed by atoms with Crippen molar-refractivity contribution in [3.8, 4) is 0 Å². The molecule has 0 saturated carbocycles. The lowest BCUT2D eigenvalue weighted by Gasteiger charge is -2.15. The summed E-state index contributed by atoms with van der Waals surface area (Å²) in [6, 6.07) is 0. The molecule has 0 heteroatoms. The van der Waals surface area contributed by atoms with E-state index in [0.717, 1.165) is 18.3 Å². The summed E-state index contributed by atoms with van der Waals surface area (Å²) in [5.74, 6) is 1.66. The molecule has 0 N–H and O–H groups in total. The monoisotopic (exact) mass is 126 g/mol. The van der Waals surface area contributed by atoms with E-state index in [9.17, 15) is 0 Å². The lowest BCUT2D eigenvalue weighted by molar-refractivity contribution is 0.381. The molecule has 0 bridgehead atoms. The molecule has 0 radical (unpaired) electrons. The van der Waals surface area contributed by atoms with E-state index in [4.69, 9.17) is 0 Å². The van der Waals surface area contributed by atoms with Gasteiger partial charge in [-0.05, 0) is 18.3 Å². The fraction of sp³-hybridized carbons (Fsp3) is 0.778. The Bertz CT molecular complexity index is 74.1. The summed E-state index contributed by atoms with van der Waals surface area (Å²) in [6.45, 7) is 10.5. The minimum Gasteiger partial charge on any atom is -0.103 e. The van der Waals surface area contributed by atoms with Gasteiger partial charge < -0.3 is 0 Å². The molecule has 0 aliphatic rings. The first-order chi connectivity index (χ1) is 4.22. The van der Waals surface area contributed by atoms with Crippen LogP contribution in [0, 0.1) is 11.8 Å². The molecule has 0 aromatic heterocycles. The highest BCUT2D eigenvalue weighted by Gasteiger charge is 2.06. The van der Waals surface area contributed by atoms with Crippen molar-refractivity contribution < 1.29 is 0 Å². The Balaban J connectivity index is 3.44. The van der Waals surface area contributed by atoms with E-state index in [0.29, 0.717) is 0 Å². The molecule has 0 amide bonds. The second kappa shape index (κ2) is 4.60. The Morgan fingerprint density at radius 3 is 2.22 bits per heavy atom. The summed E-state index contributed by atoms with van der Waals surface area (Å²) in [4.78, 5) is 0. The molecular formula is C9H18. The minimum atomic E-state index is 0.812. The summed E-state index contributed by atoms with van der Waals surface area (Å²) in [6.07, 6.45) is 4.46. The van der Waals surface area contributed by atoms with Crippen molar-refractivity contribution in [3.05, 3.63) is 12.7 Å². The smallest absolute Gasteiger partial charge is 0.0325 e. The van der Waals surface area contributed by atoms with Gasteiger partial charge in [-0.2, -0.15) is 0 Å². The van der Waals surface area contributed by atoms with Crippen LogP contribution in [0.3, 0.4) is 0 Å². The summed E-state index contributed by atoms with van der Waals surface area (Å²) < 4.78 is 0. The van der Waals surface area contributed by atoms with E-state index in [1.165, 1.54) is 6.42 Å². The van der Waals surface area contributed by atoms with Crippen molar-refractivity contribution in [2.75, 3.05) is 0 Å². The molecule has 9 heavy (non-hydrogen) atoms. The van der Waals surface area contributed by atoms with Crippen LogP contribution in [0.1, 0.15) is 33.6 Å².